The predicted molar refractivity (Wildman–Crippen MR) is 577 cm³/mol. The highest BCUT2D eigenvalue weighted by atomic mass is 16.3. The SMILES string of the molecule is c1cc(-c2nc3c4ccccc4c4ccccc4c3nc2-c2cccc3ccccc23)cc(-c2cccc3c2oc2ccccc23)c1.c1ccc(-c2ccc(-c3nc4c5ccccc5c5ccccc5c4nc3-c3cccc(-c4cccc5c4oc4ccccc45)c3)cc2)cc1.c1ccc(-c2nc3c4ccccc4c4ccccc4c3nc2-c2cccc(-c3cccc4c3oc3ccccc34)c2)cc1. The molecule has 23 aromatic carbocycles. The van der Waals surface area contributed by atoms with Crippen LogP contribution in [-0.4, -0.2) is 29.9 Å². The minimum atomic E-state index is 0.846. The second-order valence-corrected chi connectivity index (χ2v) is 35.5. The van der Waals surface area contributed by atoms with E-state index in [1.165, 1.54) is 43.3 Å². The molecule has 6 heterocycles. The normalized spacial score (nSPS) is 11.7. The van der Waals surface area contributed by atoms with Gasteiger partial charge in [-0.05, 0) is 107 Å². The molecular weight excluding hydrogens is 1690 g/mol. The number of rotatable bonds is 10. The lowest BCUT2D eigenvalue weighted by Crippen LogP contribution is -1.98. The first-order valence-electron chi connectivity index (χ1n) is 47.0. The van der Waals surface area contributed by atoms with Gasteiger partial charge in [-0.15, -0.1) is 0 Å². The molecule has 0 spiro atoms. The molecule has 29 rings (SSSR count). The van der Waals surface area contributed by atoms with Crippen molar-refractivity contribution in [3.05, 3.63) is 473 Å². The van der Waals surface area contributed by atoms with Crippen molar-refractivity contribution in [3.8, 4) is 112 Å². The first-order valence-corrected chi connectivity index (χ1v) is 47.0. The van der Waals surface area contributed by atoms with Gasteiger partial charge in [-0.1, -0.05) is 437 Å². The summed E-state index contributed by atoms with van der Waals surface area (Å²) in [5, 5.41) is 22.7. The summed E-state index contributed by atoms with van der Waals surface area (Å²) < 4.78 is 19.3. The highest BCUT2D eigenvalue weighted by Gasteiger charge is 2.26. The Morgan fingerprint density at radius 1 is 0.122 bits per heavy atom. The van der Waals surface area contributed by atoms with Crippen molar-refractivity contribution in [2.45, 2.75) is 0 Å². The average molecular weight is 1770 g/mol. The third kappa shape index (κ3) is 13.6. The fraction of sp³-hybridized carbons (Fsp3) is 0. The fourth-order valence-corrected chi connectivity index (χ4v) is 21.1. The van der Waals surface area contributed by atoms with Crippen LogP contribution >= 0.6 is 0 Å². The van der Waals surface area contributed by atoms with E-state index in [0.29, 0.717) is 0 Å². The maximum absolute atomic E-state index is 6.44. The molecule has 139 heavy (non-hydrogen) atoms. The maximum atomic E-state index is 6.44. The molecule has 0 aliphatic carbocycles. The minimum Gasteiger partial charge on any atom is -0.455 e. The lowest BCUT2D eigenvalue weighted by Gasteiger charge is -2.16. The van der Waals surface area contributed by atoms with Gasteiger partial charge in [0.25, 0.3) is 0 Å². The van der Waals surface area contributed by atoms with Crippen LogP contribution in [0, 0.1) is 0 Å². The van der Waals surface area contributed by atoms with Crippen LogP contribution in [0.25, 0.3) is 286 Å². The zero-order valence-corrected chi connectivity index (χ0v) is 74.9. The summed E-state index contributed by atoms with van der Waals surface area (Å²) in [5.74, 6) is 0. The summed E-state index contributed by atoms with van der Waals surface area (Å²) in [5.41, 5.74) is 30.8. The number of benzene rings is 23. The van der Waals surface area contributed by atoms with Gasteiger partial charge in [0.1, 0.15) is 33.5 Å². The second-order valence-electron chi connectivity index (χ2n) is 35.5. The smallest absolute Gasteiger partial charge is 0.143 e. The monoisotopic (exact) mass is 1770 g/mol. The van der Waals surface area contributed by atoms with Crippen LogP contribution in [0.5, 0.6) is 0 Å². The largest absolute Gasteiger partial charge is 0.455 e. The van der Waals surface area contributed by atoms with Gasteiger partial charge in [-0.3, -0.25) is 0 Å². The zero-order chi connectivity index (χ0) is 91.5. The highest BCUT2D eigenvalue weighted by molar-refractivity contribution is 6.27. The van der Waals surface area contributed by atoms with Crippen LogP contribution in [0.4, 0.5) is 0 Å². The Morgan fingerprint density at radius 3 is 0.683 bits per heavy atom. The van der Waals surface area contributed by atoms with Gasteiger partial charge >= 0.3 is 0 Å². The van der Waals surface area contributed by atoms with Gasteiger partial charge in [-0.25, -0.2) is 29.9 Å². The summed E-state index contributed by atoms with van der Waals surface area (Å²) in [6.45, 7) is 0. The molecule has 0 saturated carbocycles. The molecule has 0 N–H and O–H groups in total. The van der Waals surface area contributed by atoms with Crippen molar-refractivity contribution in [2.75, 3.05) is 0 Å². The molecule has 0 fully saturated rings. The van der Waals surface area contributed by atoms with Gasteiger partial charge in [0.2, 0.25) is 0 Å². The van der Waals surface area contributed by atoms with Gasteiger partial charge in [0.05, 0.1) is 67.3 Å². The number of furan rings is 3. The molecule has 9 heteroatoms. The maximum Gasteiger partial charge on any atom is 0.143 e. The van der Waals surface area contributed by atoms with E-state index >= 15 is 0 Å². The first kappa shape index (κ1) is 80.0. The van der Waals surface area contributed by atoms with E-state index in [9.17, 15) is 0 Å². The molecule has 0 aliphatic heterocycles. The number of hydrogen-bond donors (Lipinski definition) is 0. The summed E-state index contributed by atoms with van der Waals surface area (Å²) in [6.07, 6.45) is 0. The highest BCUT2D eigenvalue weighted by Crippen LogP contribution is 2.48. The van der Waals surface area contributed by atoms with E-state index in [-0.39, 0.29) is 0 Å². The summed E-state index contributed by atoms with van der Waals surface area (Å²) in [6, 6.07) is 165. The van der Waals surface area contributed by atoms with E-state index < -0.39 is 0 Å². The Hall–Kier alpha value is -18.7. The minimum absolute atomic E-state index is 0.846. The standard InChI is InChI=1S/C46H28N2O.C44H26N2O.C40H24N2O/c1-2-12-29(13-3-1)30-24-26-31(27-25-30)42-43(48-45-39-20-7-5-17-36(39)35-16-4-6-19-38(35)44(45)47-42)33-15-10-14-32(28-33)34-21-11-22-40-37-18-8-9-23-41(37)49-46(34)40;1-2-16-30-27(12-1)13-10-23-35(30)41-40(45-42-36-20-5-3-17-32(36)33-18-4-6-21-37(33)43(42)46-41)29-15-9-14-28(26-29)31-22-11-24-38-34-19-7-8-25-39(34)47-44(31)38;1-2-12-25(13-3-1)36-37(42-39-33-20-7-5-17-30(33)29-16-4-6-19-32(29)38(39)41-36)27-15-10-14-26(24-27)28-21-11-22-34-31-18-8-9-23-35(31)43-40(28)34/h1-28H;1-26H;1-24H. The molecule has 0 saturated heterocycles. The van der Waals surface area contributed by atoms with Crippen molar-refractivity contribution in [1.82, 2.24) is 29.9 Å². The molecule has 9 nitrogen and oxygen atoms in total. The van der Waals surface area contributed by atoms with E-state index in [1.54, 1.807) is 0 Å². The predicted octanol–water partition coefficient (Wildman–Crippen LogP) is 35.3. The molecule has 0 bridgehead atoms. The summed E-state index contributed by atoms with van der Waals surface area (Å²) in [4.78, 5) is 33.0. The topological polar surface area (TPSA) is 117 Å². The quantitative estimate of drug-likeness (QED) is 0.123. The van der Waals surface area contributed by atoms with Gasteiger partial charge < -0.3 is 13.3 Å². The summed E-state index contributed by atoms with van der Waals surface area (Å²) >= 11 is 0. The lowest BCUT2D eigenvalue weighted by molar-refractivity contribution is 0.669. The molecule has 646 valence electrons. The number of hydrogen-bond acceptors (Lipinski definition) is 9. The Kier molecular flexibility index (Phi) is 19.1. The number of nitrogens with zero attached hydrogens (tertiary/aromatic N) is 6. The van der Waals surface area contributed by atoms with E-state index in [0.717, 1.165) is 243 Å². The van der Waals surface area contributed by atoms with Gasteiger partial charge in [-0.2, -0.15) is 0 Å². The first-order chi connectivity index (χ1) is 68.9. The van der Waals surface area contributed by atoms with Crippen LogP contribution < -0.4 is 0 Å². The van der Waals surface area contributed by atoms with Crippen LogP contribution in [0.15, 0.2) is 486 Å². The molecule has 0 unspecified atom stereocenters. The Morgan fingerprint density at radius 2 is 0.331 bits per heavy atom. The van der Waals surface area contributed by atoms with Crippen molar-refractivity contribution in [2.24, 2.45) is 0 Å². The Balaban J connectivity index is 0.000000105. The number of para-hydroxylation sites is 6. The molecule has 0 aliphatic rings. The van der Waals surface area contributed by atoms with Crippen LogP contribution in [0.3, 0.4) is 0 Å². The van der Waals surface area contributed by atoms with E-state index in [1.807, 2.05) is 48.5 Å². The fourth-order valence-electron chi connectivity index (χ4n) is 21.1. The van der Waals surface area contributed by atoms with Gasteiger partial charge in [0, 0.05) is 115 Å². The zero-order valence-electron chi connectivity index (χ0n) is 74.9. The third-order valence-electron chi connectivity index (χ3n) is 27.6. The lowest BCUT2D eigenvalue weighted by atomic mass is 9.94. The number of fused-ring (bicyclic) bond motifs is 28. The average Bonchev–Trinajstić information content (AvgIpc) is 1.40. The van der Waals surface area contributed by atoms with Crippen molar-refractivity contribution in [1.29, 1.82) is 0 Å². The van der Waals surface area contributed by atoms with E-state index in [2.05, 4.69) is 425 Å². The van der Waals surface area contributed by atoms with Crippen molar-refractivity contribution >= 4 is 174 Å². The third-order valence-corrected chi connectivity index (χ3v) is 27.6. The van der Waals surface area contributed by atoms with Crippen LogP contribution in [-0.2, 0) is 0 Å². The molecule has 0 atom stereocenters. The van der Waals surface area contributed by atoms with Crippen molar-refractivity contribution < 1.29 is 13.3 Å². The second kappa shape index (κ2) is 33.2. The molecular formula is C130H78N6O3. The van der Waals surface area contributed by atoms with Crippen LogP contribution in [0.2, 0.25) is 0 Å². The van der Waals surface area contributed by atoms with Crippen molar-refractivity contribution in [3.63, 3.8) is 0 Å². The van der Waals surface area contributed by atoms with Crippen LogP contribution in [0.1, 0.15) is 0 Å². The molecule has 6 aromatic heterocycles. The molecule has 0 amide bonds. The molecule has 29 aromatic rings. The van der Waals surface area contributed by atoms with Gasteiger partial charge in [0.15, 0.2) is 0 Å². The van der Waals surface area contributed by atoms with E-state index in [4.69, 9.17) is 43.2 Å². The Labute approximate surface area is 797 Å². The number of aromatic nitrogens is 6. The summed E-state index contributed by atoms with van der Waals surface area (Å²) in [7, 11) is 0. The Bertz CT molecular complexity index is 10100. The molecule has 0 radical (unpaired) electrons.